The largest absolute Gasteiger partial charge is 0.441 e. The molecule has 0 saturated carbocycles. The third-order valence-electron chi connectivity index (χ3n) is 5.55. The molecule has 0 unspecified atom stereocenters. The van der Waals surface area contributed by atoms with Crippen molar-refractivity contribution in [3.8, 4) is 11.5 Å². The summed E-state index contributed by atoms with van der Waals surface area (Å²) in [4.78, 5) is 8.38. The van der Waals surface area contributed by atoms with Crippen LogP contribution in [0.25, 0.3) is 11.5 Å². The lowest BCUT2D eigenvalue weighted by Gasteiger charge is -2.35. The Labute approximate surface area is 164 Å². The van der Waals surface area contributed by atoms with E-state index in [4.69, 9.17) is 9.40 Å². The van der Waals surface area contributed by atoms with E-state index in [0.717, 1.165) is 35.5 Å². The van der Waals surface area contributed by atoms with Gasteiger partial charge in [0.05, 0.1) is 11.8 Å². The summed E-state index contributed by atoms with van der Waals surface area (Å²) in [6.07, 6.45) is 0.642. The minimum atomic E-state index is -0.334. The van der Waals surface area contributed by atoms with Crippen molar-refractivity contribution in [2.24, 2.45) is 0 Å². The zero-order valence-electron chi connectivity index (χ0n) is 16.1. The number of thiophene rings is 1. The maximum Gasteiger partial charge on any atom is 0.226 e. The number of hydrogen-bond acceptors (Lipinski definition) is 5. The molecule has 1 aliphatic rings. The maximum atomic E-state index is 10.7. The van der Waals surface area contributed by atoms with Gasteiger partial charge in [-0.05, 0) is 62.4 Å². The van der Waals surface area contributed by atoms with Gasteiger partial charge in [0.15, 0.2) is 0 Å². The van der Waals surface area contributed by atoms with Crippen LogP contribution in [0, 0.1) is 20.8 Å². The van der Waals surface area contributed by atoms with Crippen LogP contribution in [0.5, 0.6) is 0 Å². The van der Waals surface area contributed by atoms with Crippen molar-refractivity contribution in [2.75, 3.05) is 13.1 Å². The van der Waals surface area contributed by atoms with E-state index in [1.54, 1.807) is 11.3 Å². The molecule has 2 atom stereocenters. The average Bonchev–Trinajstić information content (AvgIpc) is 3.22. The van der Waals surface area contributed by atoms with Gasteiger partial charge in [-0.1, -0.05) is 18.2 Å². The molecule has 3 aromatic rings. The fraction of sp³-hybridized carbons (Fsp3) is 0.409. The highest BCUT2D eigenvalue weighted by Gasteiger charge is 2.31. The van der Waals surface area contributed by atoms with Crippen LogP contribution in [-0.4, -0.2) is 34.2 Å². The normalized spacial score (nSPS) is 20.9. The molecule has 1 aromatic carbocycles. The quantitative estimate of drug-likeness (QED) is 0.712. The average molecular weight is 383 g/mol. The zero-order valence-corrected chi connectivity index (χ0v) is 16.9. The van der Waals surface area contributed by atoms with Gasteiger partial charge in [-0.25, -0.2) is 4.98 Å². The van der Waals surface area contributed by atoms with Crippen LogP contribution in [0.1, 0.15) is 39.8 Å². The topological polar surface area (TPSA) is 49.5 Å². The molecule has 5 heteroatoms. The Balaban J connectivity index is 1.46. The number of piperidine rings is 1. The first-order valence-electron chi connectivity index (χ1n) is 9.49. The fourth-order valence-corrected chi connectivity index (χ4v) is 5.05. The third-order valence-corrected chi connectivity index (χ3v) is 6.70. The SMILES string of the molecule is Cc1ccccc1-c1nc(CN2CC[C@@H](c3sccc3C)[C@H](O)C2)c(C)o1. The van der Waals surface area contributed by atoms with E-state index in [0.29, 0.717) is 19.0 Å². The number of rotatable bonds is 4. The molecule has 27 heavy (non-hydrogen) atoms. The number of nitrogens with zero attached hydrogens (tertiary/aromatic N) is 2. The summed E-state index contributed by atoms with van der Waals surface area (Å²) in [6, 6.07) is 10.3. The lowest BCUT2D eigenvalue weighted by molar-refractivity contribution is 0.0478. The highest BCUT2D eigenvalue weighted by molar-refractivity contribution is 7.10. The fourth-order valence-electron chi connectivity index (χ4n) is 3.93. The van der Waals surface area contributed by atoms with Crippen molar-refractivity contribution < 1.29 is 9.52 Å². The van der Waals surface area contributed by atoms with Gasteiger partial charge < -0.3 is 9.52 Å². The molecule has 4 rings (SSSR count). The molecule has 0 radical (unpaired) electrons. The van der Waals surface area contributed by atoms with E-state index in [9.17, 15) is 5.11 Å². The van der Waals surface area contributed by atoms with Gasteiger partial charge >= 0.3 is 0 Å². The molecule has 0 spiro atoms. The summed E-state index contributed by atoms with van der Waals surface area (Å²) < 4.78 is 5.95. The molecular weight excluding hydrogens is 356 g/mol. The summed E-state index contributed by atoms with van der Waals surface area (Å²) >= 11 is 1.76. The summed E-state index contributed by atoms with van der Waals surface area (Å²) in [7, 11) is 0. The molecule has 1 saturated heterocycles. The number of likely N-dealkylation sites (tertiary alicyclic amines) is 1. The smallest absolute Gasteiger partial charge is 0.226 e. The second-order valence-corrected chi connectivity index (χ2v) is 8.45. The van der Waals surface area contributed by atoms with Crippen LogP contribution in [0.15, 0.2) is 40.1 Å². The molecular formula is C22H26N2O2S. The van der Waals surface area contributed by atoms with Crippen LogP contribution >= 0.6 is 11.3 Å². The summed E-state index contributed by atoms with van der Waals surface area (Å²) in [5, 5.41) is 12.8. The van der Waals surface area contributed by atoms with Gasteiger partial charge in [-0.15, -0.1) is 11.3 Å². The van der Waals surface area contributed by atoms with Gasteiger partial charge in [0.25, 0.3) is 0 Å². The van der Waals surface area contributed by atoms with Crippen molar-refractivity contribution >= 4 is 11.3 Å². The number of β-amino-alcohol motifs (C(OH)–C–C–N with tert-alkyl or cyclic N) is 1. The lowest BCUT2D eigenvalue weighted by atomic mass is 9.90. The molecule has 2 aromatic heterocycles. The van der Waals surface area contributed by atoms with Crippen LogP contribution in [0.3, 0.4) is 0 Å². The second-order valence-electron chi connectivity index (χ2n) is 7.50. The Morgan fingerprint density at radius 3 is 2.70 bits per heavy atom. The molecule has 4 nitrogen and oxygen atoms in total. The number of aryl methyl sites for hydroxylation is 3. The predicted molar refractivity (Wildman–Crippen MR) is 109 cm³/mol. The Kier molecular flexibility index (Phi) is 5.17. The van der Waals surface area contributed by atoms with E-state index >= 15 is 0 Å². The van der Waals surface area contributed by atoms with Crippen LogP contribution in [0.4, 0.5) is 0 Å². The predicted octanol–water partition coefficient (Wildman–Crippen LogP) is 4.68. The van der Waals surface area contributed by atoms with Crippen molar-refractivity contribution in [1.29, 1.82) is 0 Å². The highest BCUT2D eigenvalue weighted by atomic mass is 32.1. The first-order chi connectivity index (χ1) is 13.0. The van der Waals surface area contributed by atoms with Gasteiger partial charge in [0, 0.05) is 29.4 Å². The van der Waals surface area contributed by atoms with E-state index in [2.05, 4.69) is 36.3 Å². The van der Waals surface area contributed by atoms with Crippen molar-refractivity contribution in [3.05, 3.63) is 63.2 Å². The number of aliphatic hydroxyl groups excluding tert-OH is 1. The molecule has 0 bridgehead atoms. The minimum absolute atomic E-state index is 0.252. The molecule has 1 N–H and O–H groups in total. The first-order valence-corrected chi connectivity index (χ1v) is 10.4. The molecule has 0 aliphatic carbocycles. The minimum Gasteiger partial charge on any atom is -0.441 e. The second kappa shape index (κ2) is 7.58. The molecule has 3 heterocycles. The lowest BCUT2D eigenvalue weighted by Crippen LogP contribution is -2.42. The van der Waals surface area contributed by atoms with E-state index < -0.39 is 0 Å². The summed E-state index contributed by atoms with van der Waals surface area (Å²) in [5.74, 6) is 1.80. The Morgan fingerprint density at radius 1 is 1.19 bits per heavy atom. The number of oxazole rings is 1. The van der Waals surface area contributed by atoms with Crippen LogP contribution in [-0.2, 0) is 6.54 Å². The number of aromatic nitrogens is 1. The first kappa shape index (κ1) is 18.4. The van der Waals surface area contributed by atoms with Crippen molar-refractivity contribution in [2.45, 2.75) is 45.8 Å². The van der Waals surface area contributed by atoms with Gasteiger partial charge in [-0.2, -0.15) is 0 Å². The van der Waals surface area contributed by atoms with E-state index in [1.807, 2.05) is 25.1 Å². The van der Waals surface area contributed by atoms with E-state index in [1.165, 1.54) is 10.4 Å². The standard InChI is InChI=1S/C22H26N2O2S/c1-14-6-4-5-7-17(14)22-23-19(16(3)26-22)12-24-10-8-18(20(25)13-24)21-15(2)9-11-27-21/h4-7,9,11,18,20,25H,8,10,12-13H2,1-3H3/t18-,20-/m1/s1. The summed E-state index contributed by atoms with van der Waals surface area (Å²) in [5.41, 5.74) is 4.46. The van der Waals surface area contributed by atoms with Crippen LogP contribution in [0.2, 0.25) is 0 Å². The monoisotopic (exact) mass is 382 g/mol. The number of benzene rings is 1. The van der Waals surface area contributed by atoms with Gasteiger partial charge in [0.2, 0.25) is 5.89 Å². The van der Waals surface area contributed by atoms with Gasteiger partial charge in [0.1, 0.15) is 5.76 Å². The van der Waals surface area contributed by atoms with Crippen molar-refractivity contribution in [1.82, 2.24) is 9.88 Å². The Morgan fingerprint density at radius 2 is 2.00 bits per heavy atom. The van der Waals surface area contributed by atoms with Gasteiger partial charge in [-0.3, -0.25) is 4.90 Å². The Bertz CT molecular complexity index is 930. The number of hydrogen-bond donors (Lipinski definition) is 1. The summed E-state index contributed by atoms with van der Waals surface area (Å²) in [6.45, 7) is 8.54. The number of aliphatic hydroxyl groups is 1. The van der Waals surface area contributed by atoms with Crippen molar-refractivity contribution in [3.63, 3.8) is 0 Å². The molecule has 1 aliphatic heterocycles. The third kappa shape index (κ3) is 3.72. The molecule has 1 fully saturated rings. The Hall–Kier alpha value is -1.95. The maximum absolute atomic E-state index is 10.7. The molecule has 0 amide bonds. The highest BCUT2D eigenvalue weighted by Crippen LogP contribution is 2.34. The molecule has 142 valence electrons. The van der Waals surface area contributed by atoms with E-state index in [-0.39, 0.29) is 12.0 Å². The zero-order chi connectivity index (χ0) is 19.0. The van der Waals surface area contributed by atoms with Crippen LogP contribution < -0.4 is 0 Å².